The van der Waals surface area contributed by atoms with Crippen molar-refractivity contribution in [2.45, 2.75) is 19.3 Å². The predicted octanol–water partition coefficient (Wildman–Crippen LogP) is 10.1. The lowest BCUT2D eigenvalue weighted by Crippen LogP contribution is -2.30. The third kappa shape index (κ3) is 5.04. The van der Waals surface area contributed by atoms with Gasteiger partial charge in [0.15, 0.2) is 23.3 Å². The second-order valence-corrected chi connectivity index (χ2v) is 12.4. The van der Waals surface area contributed by atoms with Gasteiger partial charge in [-0.15, -0.1) is 0 Å². The van der Waals surface area contributed by atoms with E-state index in [1.807, 2.05) is 97.1 Å². The number of carbonyl (C=O) groups is 1. The number of hydrogen-bond donors (Lipinski definition) is 0. The van der Waals surface area contributed by atoms with E-state index < -0.39 is 0 Å². The molecule has 0 bridgehead atoms. The molecule has 0 saturated carbocycles. The number of ketones is 1. The lowest BCUT2D eigenvalue weighted by molar-refractivity contribution is 0.103. The van der Waals surface area contributed by atoms with Gasteiger partial charge in [-0.2, -0.15) is 0 Å². The SMILES string of the molecule is CC1(C)c2ccccc2C(=O)c2ccc(-c3ccc(-c4ccccc4-c4nc(-c5ccccc5)nc(-c5ccccc5)n4)cc3)cc21. The Morgan fingerprint density at radius 2 is 0.851 bits per heavy atom. The van der Waals surface area contributed by atoms with E-state index in [-0.39, 0.29) is 11.2 Å². The monoisotopic (exact) mass is 605 g/mol. The first-order valence-electron chi connectivity index (χ1n) is 15.8. The maximum Gasteiger partial charge on any atom is 0.193 e. The molecule has 0 radical (unpaired) electrons. The zero-order valence-corrected chi connectivity index (χ0v) is 26.2. The zero-order chi connectivity index (χ0) is 32.0. The highest BCUT2D eigenvalue weighted by Gasteiger charge is 2.36. The molecule has 6 aromatic carbocycles. The van der Waals surface area contributed by atoms with Gasteiger partial charge in [0.25, 0.3) is 0 Å². The van der Waals surface area contributed by atoms with Crippen molar-refractivity contribution in [3.8, 4) is 56.4 Å². The van der Waals surface area contributed by atoms with Crippen molar-refractivity contribution >= 4 is 5.78 Å². The average Bonchev–Trinajstić information content (AvgIpc) is 3.14. The fourth-order valence-corrected chi connectivity index (χ4v) is 6.66. The Bertz CT molecular complexity index is 2220. The first kappa shape index (κ1) is 28.5. The lowest BCUT2D eigenvalue weighted by atomic mass is 9.68. The molecule has 0 N–H and O–H groups in total. The molecule has 1 aliphatic rings. The molecule has 1 aromatic heterocycles. The third-order valence-electron chi connectivity index (χ3n) is 9.18. The zero-order valence-electron chi connectivity index (χ0n) is 26.2. The minimum atomic E-state index is -0.281. The van der Waals surface area contributed by atoms with Gasteiger partial charge in [-0.25, -0.2) is 15.0 Å². The van der Waals surface area contributed by atoms with Crippen LogP contribution >= 0.6 is 0 Å². The molecule has 7 aromatic rings. The largest absolute Gasteiger partial charge is 0.289 e. The number of benzene rings is 6. The van der Waals surface area contributed by atoms with Crippen molar-refractivity contribution in [1.29, 1.82) is 0 Å². The summed E-state index contributed by atoms with van der Waals surface area (Å²) in [5.74, 6) is 1.99. The van der Waals surface area contributed by atoms with Gasteiger partial charge in [0.05, 0.1) is 0 Å². The summed E-state index contributed by atoms with van der Waals surface area (Å²) < 4.78 is 0. The summed E-state index contributed by atoms with van der Waals surface area (Å²) in [7, 11) is 0. The van der Waals surface area contributed by atoms with E-state index in [2.05, 4.69) is 68.4 Å². The number of rotatable bonds is 5. The van der Waals surface area contributed by atoms with Crippen LogP contribution in [0.4, 0.5) is 0 Å². The minimum absolute atomic E-state index is 0.0950. The van der Waals surface area contributed by atoms with Crippen molar-refractivity contribution in [3.05, 3.63) is 174 Å². The Balaban J connectivity index is 1.18. The molecule has 0 amide bonds. The minimum Gasteiger partial charge on any atom is -0.289 e. The highest BCUT2D eigenvalue weighted by atomic mass is 16.1. The highest BCUT2D eigenvalue weighted by molar-refractivity contribution is 6.13. The molecule has 224 valence electrons. The van der Waals surface area contributed by atoms with E-state index >= 15 is 0 Å². The van der Waals surface area contributed by atoms with Crippen molar-refractivity contribution in [1.82, 2.24) is 15.0 Å². The standard InChI is InChI=1S/C43H31N3O/c1-43(2)37-20-12-11-19-35(37)39(47)36-26-25-32(27-38(36)43)28-21-23-29(24-22-28)33-17-9-10-18-34(33)42-45-40(30-13-5-3-6-14-30)44-41(46-42)31-15-7-4-8-16-31/h3-27H,1-2H3. The number of fused-ring (bicyclic) bond motifs is 2. The van der Waals surface area contributed by atoms with Crippen molar-refractivity contribution in [2.24, 2.45) is 0 Å². The van der Waals surface area contributed by atoms with E-state index in [1.54, 1.807) is 0 Å². The predicted molar refractivity (Wildman–Crippen MR) is 189 cm³/mol. The molecule has 0 unspecified atom stereocenters. The third-order valence-corrected chi connectivity index (χ3v) is 9.18. The molecule has 0 atom stereocenters. The number of nitrogens with zero attached hydrogens (tertiary/aromatic N) is 3. The quantitative estimate of drug-likeness (QED) is 0.196. The molecular weight excluding hydrogens is 574 g/mol. The van der Waals surface area contributed by atoms with Crippen LogP contribution in [0, 0.1) is 0 Å². The van der Waals surface area contributed by atoms with Crippen molar-refractivity contribution in [3.63, 3.8) is 0 Å². The Morgan fingerprint density at radius 1 is 0.383 bits per heavy atom. The molecule has 0 saturated heterocycles. The van der Waals surface area contributed by atoms with Crippen LogP contribution in [-0.4, -0.2) is 20.7 Å². The molecular formula is C43H31N3O. The van der Waals surface area contributed by atoms with Crippen LogP contribution < -0.4 is 0 Å². The Morgan fingerprint density at radius 3 is 1.49 bits per heavy atom. The molecule has 4 nitrogen and oxygen atoms in total. The number of hydrogen-bond acceptors (Lipinski definition) is 4. The number of carbonyl (C=O) groups excluding carboxylic acids is 1. The van der Waals surface area contributed by atoms with Crippen LogP contribution in [0.3, 0.4) is 0 Å². The molecule has 8 rings (SSSR count). The lowest BCUT2D eigenvalue weighted by Gasteiger charge is -2.34. The summed E-state index contributed by atoms with van der Waals surface area (Å²) in [6.07, 6.45) is 0. The fraction of sp³-hybridized carbons (Fsp3) is 0.0698. The van der Waals surface area contributed by atoms with Crippen LogP contribution in [0.1, 0.15) is 40.9 Å². The van der Waals surface area contributed by atoms with Crippen LogP contribution in [0.25, 0.3) is 56.4 Å². The summed E-state index contributed by atoms with van der Waals surface area (Å²) in [5.41, 5.74) is 10.5. The molecule has 0 fully saturated rings. The van der Waals surface area contributed by atoms with Gasteiger partial charge in [0.2, 0.25) is 0 Å². The van der Waals surface area contributed by atoms with Gasteiger partial charge < -0.3 is 0 Å². The van der Waals surface area contributed by atoms with E-state index in [9.17, 15) is 4.79 Å². The maximum atomic E-state index is 13.4. The second kappa shape index (κ2) is 11.4. The molecule has 0 aliphatic heterocycles. The second-order valence-electron chi connectivity index (χ2n) is 12.4. The first-order chi connectivity index (χ1) is 23.0. The summed E-state index contributed by atoms with van der Waals surface area (Å²) in [4.78, 5) is 28.2. The number of aromatic nitrogens is 3. The molecule has 1 heterocycles. The van der Waals surface area contributed by atoms with E-state index in [0.717, 1.165) is 61.2 Å². The van der Waals surface area contributed by atoms with Gasteiger partial charge in [-0.3, -0.25) is 4.79 Å². The van der Waals surface area contributed by atoms with Gasteiger partial charge in [-0.1, -0.05) is 159 Å². The van der Waals surface area contributed by atoms with Crippen LogP contribution in [0.15, 0.2) is 152 Å². The van der Waals surface area contributed by atoms with Gasteiger partial charge in [0.1, 0.15) is 0 Å². The molecule has 0 spiro atoms. The van der Waals surface area contributed by atoms with Gasteiger partial charge >= 0.3 is 0 Å². The summed E-state index contributed by atoms with van der Waals surface area (Å²) in [5, 5.41) is 0. The average molecular weight is 606 g/mol. The van der Waals surface area contributed by atoms with Gasteiger partial charge in [-0.05, 0) is 39.4 Å². The Hall–Kier alpha value is -6.00. The smallest absolute Gasteiger partial charge is 0.193 e. The highest BCUT2D eigenvalue weighted by Crippen LogP contribution is 2.43. The first-order valence-corrected chi connectivity index (χ1v) is 15.8. The van der Waals surface area contributed by atoms with Gasteiger partial charge in [0, 0.05) is 33.2 Å². The van der Waals surface area contributed by atoms with E-state index in [1.165, 1.54) is 0 Å². The maximum absolute atomic E-state index is 13.4. The summed E-state index contributed by atoms with van der Waals surface area (Å²) in [6, 6.07) is 51.1. The topological polar surface area (TPSA) is 55.7 Å². The van der Waals surface area contributed by atoms with Crippen LogP contribution in [-0.2, 0) is 5.41 Å². The van der Waals surface area contributed by atoms with E-state index in [0.29, 0.717) is 17.5 Å². The van der Waals surface area contributed by atoms with Crippen molar-refractivity contribution in [2.75, 3.05) is 0 Å². The van der Waals surface area contributed by atoms with E-state index in [4.69, 9.17) is 15.0 Å². The van der Waals surface area contributed by atoms with Crippen molar-refractivity contribution < 1.29 is 4.79 Å². The normalized spacial score (nSPS) is 13.1. The molecule has 1 aliphatic carbocycles. The molecule has 47 heavy (non-hydrogen) atoms. The van der Waals surface area contributed by atoms with Crippen LogP contribution in [0.5, 0.6) is 0 Å². The fourth-order valence-electron chi connectivity index (χ4n) is 6.66. The Labute approximate surface area is 274 Å². The Kier molecular flexibility index (Phi) is 6.92. The summed E-state index contributed by atoms with van der Waals surface area (Å²) in [6.45, 7) is 4.41. The molecule has 4 heteroatoms. The summed E-state index contributed by atoms with van der Waals surface area (Å²) >= 11 is 0. The van der Waals surface area contributed by atoms with Crippen LogP contribution in [0.2, 0.25) is 0 Å².